The third kappa shape index (κ3) is 2.07. The number of hydrogen-bond donors (Lipinski definition) is 1. The lowest BCUT2D eigenvalue weighted by Crippen LogP contribution is -2.48. The highest BCUT2D eigenvalue weighted by Gasteiger charge is 2.27. The first-order chi connectivity index (χ1) is 6.98. The Bertz CT molecular complexity index is 331. The first-order valence-corrected chi connectivity index (χ1v) is 5.82. The molecule has 1 heterocycles. The molecule has 1 aliphatic heterocycles. The minimum Gasteiger partial charge on any atom is -0.313 e. The molecular weight excluding hydrogens is 182 g/mol. The van der Waals surface area contributed by atoms with Crippen LogP contribution in [0, 0.1) is 0 Å². The standard InChI is InChI=1S/C14H21N/c1-10-13(9-15-10)11-5-7-12(8-6-11)14(2,3)4/h5-8,10,13,15H,9H2,1-4H3. The van der Waals surface area contributed by atoms with Gasteiger partial charge in [-0.3, -0.25) is 0 Å². The molecule has 0 saturated carbocycles. The molecule has 1 aromatic carbocycles. The van der Waals surface area contributed by atoms with Crippen LogP contribution < -0.4 is 5.32 Å². The predicted molar refractivity (Wildman–Crippen MR) is 65.3 cm³/mol. The van der Waals surface area contributed by atoms with E-state index in [1.807, 2.05) is 0 Å². The van der Waals surface area contributed by atoms with Gasteiger partial charge in [-0.1, -0.05) is 45.0 Å². The third-order valence-corrected chi connectivity index (χ3v) is 3.47. The molecule has 1 fully saturated rings. The fourth-order valence-corrected chi connectivity index (χ4v) is 2.11. The monoisotopic (exact) mass is 203 g/mol. The lowest BCUT2D eigenvalue weighted by molar-refractivity contribution is 0.334. The smallest absolute Gasteiger partial charge is 0.0120 e. The predicted octanol–water partition coefficient (Wildman–Crippen LogP) is 3.06. The Morgan fingerprint density at radius 3 is 2.07 bits per heavy atom. The van der Waals surface area contributed by atoms with Gasteiger partial charge in [-0.15, -0.1) is 0 Å². The van der Waals surface area contributed by atoms with Crippen molar-refractivity contribution in [2.24, 2.45) is 0 Å². The molecule has 0 amide bonds. The van der Waals surface area contributed by atoms with Crippen LogP contribution in [0.3, 0.4) is 0 Å². The van der Waals surface area contributed by atoms with Crippen LogP contribution in [-0.4, -0.2) is 12.6 Å². The van der Waals surface area contributed by atoms with E-state index in [2.05, 4.69) is 57.3 Å². The molecule has 2 atom stereocenters. The van der Waals surface area contributed by atoms with Gasteiger partial charge in [-0.2, -0.15) is 0 Å². The number of nitrogens with one attached hydrogen (secondary N) is 1. The van der Waals surface area contributed by atoms with E-state index >= 15 is 0 Å². The van der Waals surface area contributed by atoms with Gasteiger partial charge in [0.05, 0.1) is 0 Å². The third-order valence-electron chi connectivity index (χ3n) is 3.47. The van der Waals surface area contributed by atoms with Crippen molar-refractivity contribution in [3.8, 4) is 0 Å². The van der Waals surface area contributed by atoms with E-state index < -0.39 is 0 Å². The van der Waals surface area contributed by atoms with Crippen LogP contribution in [0.4, 0.5) is 0 Å². The summed E-state index contributed by atoms with van der Waals surface area (Å²) in [4.78, 5) is 0. The molecule has 0 aliphatic carbocycles. The van der Waals surface area contributed by atoms with E-state index in [0.29, 0.717) is 6.04 Å². The minimum absolute atomic E-state index is 0.266. The fourth-order valence-electron chi connectivity index (χ4n) is 2.11. The maximum absolute atomic E-state index is 3.40. The molecule has 0 radical (unpaired) electrons. The van der Waals surface area contributed by atoms with Crippen LogP contribution in [-0.2, 0) is 5.41 Å². The Morgan fingerprint density at radius 2 is 1.73 bits per heavy atom. The second-order valence-corrected chi connectivity index (χ2v) is 5.68. The van der Waals surface area contributed by atoms with Crippen molar-refractivity contribution in [3.05, 3.63) is 35.4 Å². The second kappa shape index (κ2) is 3.64. The Hall–Kier alpha value is -0.820. The maximum Gasteiger partial charge on any atom is 0.0120 e. The van der Waals surface area contributed by atoms with Crippen LogP contribution in [0.25, 0.3) is 0 Å². The van der Waals surface area contributed by atoms with Gasteiger partial charge < -0.3 is 5.32 Å². The zero-order valence-corrected chi connectivity index (χ0v) is 10.2. The maximum atomic E-state index is 3.40. The summed E-state index contributed by atoms with van der Waals surface area (Å²) >= 11 is 0. The van der Waals surface area contributed by atoms with E-state index in [0.717, 1.165) is 12.5 Å². The molecule has 2 unspecified atom stereocenters. The second-order valence-electron chi connectivity index (χ2n) is 5.68. The lowest BCUT2D eigenvalue weighted by Gasteiger charge is -2.36. The van der Waals surface area contributed by atoms with Gasteiger partial charge in [0.2, 0.25) is 0 Å². The van der Waals surface area contributed by atoms with Crippen molar-refractivity contribution >= 4 is 0 Å². The Morgan fingerprint density at radius 1 is 1.13 bits per heavy atom. The highest BCUT2D eigenvalue weighted by Crippen LogP contribution is 2.28. The quantitative estimate of drug-likeness (QED) is 0.739. The zero-order chi connectivity index (χ0) is 11.1. The van der Waals surface area contributed by atoms with E-state index in [1.165, 1.54) is 11.1 Å². The topological polar surface area (TPSA) is 12.0 Å². The molecular formula is C14H21N. The van der Waals surface area contributed by atoms with Crippen molar-refractivity contribution in [1.29, 1.82) is 0 Å². The van der Waals surface area contributed by atoms with Gasteiger partial charge in [0.1, 0.15) is 0 Å². The lowest BCUT2D eigenvalue weighted by atomic mass is 9.82. The van der Waals surface area contributed by atoms with Crippen LogP contribution in [0.2, 0.25) is 0 Å². The van der Waals surface area contributed by atoms with Crippen molar-refractivity contribution < 1.29 is 0 Å². The summed E-state index contributed by atoms with van der Waals surface area (Å²) in [6.45, 7) is 10.2. The van der Waals surface area contributed by atoms with Crippen molar-refractivity contribution in [3.63, 3.8) is 0 Å². The normalized spacial score (nSPS) is 26.1. The van der Waals surface area contributed by atoms with Crippen LogP contribution >= 0.6 is 0 Å². The van der Waals surface area contributed by atoms with Gasteiger partial charge in [-0.25, -0.2) is 0 Å². The summed E-state index contributed by atoms with van der Waals surface area (Å²) in [5, 5.41) is 3.40. The van der Waals surface area contributed by atoms with Gasteiger partial charge in [0, 0.05) is 18.5 Å². The summed E-state index contributed by atoms with van der Waals surface area (Å²) < 4.78 is 0. The molecule has 0 spiro atoms. The Balaban J connectivity index is 2.17. The van der Waals surface area contributed by atoms with Gasteiger partial charge in [-0.05, 0) is 23.5 Å². The van der Waals surface area contributed by atoms with E-state index in [-0.39, 0.29) is 5.41 Å². The minimum atomic E-state index is 0.266. The highest BCUT2D eigenvalue weighted by atomic mass is 15.0. The zero-order valence-electron chi connectivity index (χ0n) is 10.2. The summed E-state index contributed by atoms with van der Waals surface area (Å²) in [6.07, 6.45) is 0. The molecule has 1 N–H and O–H groups in total. The summed E-state index contributed by atoms with van der Waals surface area (Å²) in [6, 6.07) is 9.79. The number of rotatable bonds is 1. The molecule has 1 nitrogen and oxygen atoms in total. The number of hydrogen-bond acceptors (Lipinski definition) is 1. The molecule has 0 aromatic heterocycles. The Labute approximate surface area is 92.9 Å². The van der Waals surface area contributed by atoms with Gasteiger partial charge >= 0.3 is 0 Å². The Kier molecular flexibility index (Phi) is 2.59. The van der Waals surface area contributed by atoms with E-state index in [1.54, 1.807) is 0 Å². The van der Waals surface area contributed by atoms with E-state index in [9.17, 15) is 0 Å². The van der Waals surface area contributed by atoms with Crippen LogP contribution in [0.1, 0.15) is 44.7 Å². The van der Waals surface area contributed by atoms with Gasteiger partial charge in [0.25, 0.3) is 0 Å². The molecule has 2 rings (SSSR count). The van der Waals surface area contributed by atoms with Gasteiger partial charge in [0.15, 0.2) is 0 Å². The fraction of sp³-hybridized carbons (Fsp3) is 0.571. The molecule has 1 aliphatic rings. The first-order valence-electron chi connectivity index (χ1n) is 5.82. The van der Waals surface area contributed by atoms with Crippen molar-refractivity contribution in [1.82, 2.24) is 5.32 Å². The largest absolute Gasteiger partial charge is 0.313 e. The molecule has 1 aromatic rings. The van der Waals surface area contributed by atoms with Crippen molar-refractivity contribution in [2.45, 2.75) is 45.1 Å². The van der Waals surface area contributed by atoms with Crippen molar-refractivity contribution in [2.75, 3.05) is 6.54 Å². The molecule has 82 valence electrons. The highest BCUT2D eigenvalue weighted by molar-refractivity contribution is 5.31. The SMILES string of the molecule is CC1NCC1c1ccc(C(C)(C)C)cc1. The first kappa shape index (κ1) is 10.7. The number of benzene rings is 1. The molecule has 15 heavy (non-hydrogen) atoms. The average Bonchev–Trinajstić information content (AvgIpc) is 2.15. The summed E-state index contributed by atoms with van der Waals surface area (Å²) in [5.41, 5.74) is 3.17. The van der Waals surface area contributed by atoms with E-state index in [4.69, 9.17) is 0 Å². The van der Waals surface area contributed by atoms with Crippen LogP contribution in [0.15, 0.2) is 24.3 Å². The van der Waals surface area contributed by atoms with Crippen LogP contribution in [0.5, 0.6) is 0 Å². The summed E-state index contributed by atoms with van der Waals surface area (Å²) in [5.74, 6) is 0.721. The molecule has 1 saturated heterocycles. The molecule has 0 bridgehead atoms. The average molecular weight is 203 g/mol. The summed E-state index contributed by atoms with van der Waals surface area (Å²) in [7, 11) is 0. The molecule has 1 heteroatoms.